The molecule has 0 saturated heterocycles. The molecule has 0 fully saturated rings. The van der Waals surface area contributed by atoms with Crippen molar-refractivity contribution in [1.29, 1.82) is 5.41 Å². The van der Waals surface area contributed by atoms with Crippen molar-refractivity contribution in [2.45, 2.75) is 37.3 Å². The standard InChI is InChI=1S/C20H25N5O6S/c1-15-9-11-17(12-10-15)32(29,30)24-18(8-5-13-22-20(21)23-25(27)28)19(26)31-14-16-6-3-2-4-7-16/h2-4,6-7,9-12,18,24H,5,8,13-14H2,1H3,(H3,21,22,23)/t18-/m0/s1. The Morgan fingerprint density at radius 1 is 1.16 bits per heavy atom. The molecule has 12 heteroatoms. The summed E-state index contributed by atoms with van der Waals surface area (Å²) in [6, 6.07) is 14.0. The molecular weight excluding hydrogens is 438 g/mol. The van der Waals surface area contributed by atoms with Gasteiger partial charge in [0.05, 0.1) is 4.90 Å². The highest BCUT2D eigenvalue weighted by Crippen LogP contribution is 2.13. The maximum atomic E-state index is 12.7. The molecule has 2 aromatic carbocycles. The molecule has 0 spiro atoms. The first-order valence-corrected chi connectivity index (χ1v) is 11.2. The fourth-order valence-electron chi connectivity index (χ4n) is 2.68. The van der Waals surface area contributed by atoms with Crippen LogP contribution in [-0.4, -0.2) is 38.0 Å². The number of carbonyl (C=O) groups is 1. The number of nitrogens with one attached hydrogen (secondary N) is 4. The lowest BCUT2D eigenvalue weighted by Crippen LogP contribution is -2.43. The van der Waals surface area contributed by atoms with Crippen molar-refractivity contribution in [3.63, 3.8) is 0 Å². The van der Waals surface area contributed by atoms with Gasteiger partial charge in [-0.25, -0.2) is 18.5 Å². The van der Waals surface area contributed by atoms with E-state index < -0.39 is 33.0 Å². The van der Waals surface area contributed by atoms with Crippen LogP contribution < -0.4 is 15.5 Å². The number of carbonyl (C=O) groups excluding carboxylic acids is 1. The van der Waals surface area contributed by atoms with Gasteiger partial charge in [-0.1, -0.05) is 53.5 Å². The van der Waals surface area contributed by atoms with Crippen LogP contribution in [-0.2, 0) is 26.2 Å². The third-order valence-corrected chi connectivity index (χ3v) is 5.80. The van der Waals surface area contributed by atoms with E-state index in [1.54, 1.807) is 41.8 Å². The summed E-state index contributed by atoms with van der Waals surface area (Å²) in [4.78, 5) is 23.0. The lowest BCUT2D eigenvalue weighted by Gasteiger charge is -2.18. The monoisotopic (exact) mass is 463 g/mol. The van der Waals surface area contributed by atoms with Gasteiger partial charge >= 0.3 is 5.97 Å². The Hall–Kier alpha value is -3.51. The van der Waals surface area contributed by atoms with Crippen molar-refractivity contribution < 1.29 is 23.0 Å². The minimum absolute atomic E-state index is 0.0130. The van der Waals surface area contributed by atoms with Crippen molar-refractivity contribution in [3.8, 4) is 0 Å². The molecule has 0 aliphatic heterocycles. The summed E-state index contributed by atoms with van der Waals surface area (Å²) in [5.74, 6) is -1.26. The highest BCUT2D eigenvalue weighted by atomic mass is 32.2. The number of guanidine groups is 1. The fraction of sp³-hybridized carbons (Fsp3) is 0.300. The fourth-order valence-corrected chi connectivity index (χ4v) is 3.90. The maximum absolute atomic E-state index is 12.7. The molecule has 2 rings (SSSR count). The number of esters is 1. The Balaban J connectivity index is 2.03. The van der Waals surface area contributed by atoms with Crippen molar-refractivity contribution in [2.24, 2.45) is 0 Å². The van der Waals surface area contributed by atoms with E-state index in [0.717, 1.165) is 11.1 Å². The van der Waals surface area contributed by atoms with E-state index >= 15 is 0 Å². The summed E-state index contributed by atoms with van der Waals surface area (Å²) in [6.07, 6.45) is 0.292. The Kier molecular flexibility index (Phi) is 9.10. The molecule has 0 heterocycles. The van der Waals surface area contributed by atoms with Crippen LogP contribution in [0.25, 0.3) is 0 Å². The molecule has 172 valence electrons. The number of hydrazine groups is 1. The Morgan fingerprint density at radius 2 is 1.81 bits per heavy atom. The van der Waals surface area contributed by atoms with Gasteiger partial charge in [0.15, 0.2) is 5.03 Å². The number of nitro groups is 1. The summed E-state index contributed by atoms with van der Waals surface area (Å²) in [7, 11) is -3.99. The molecule has 0 aromatic heterocycles. The summed E-state index contributed by atoms with van der Waals surface area (Å²) >= 11 is 0. The molecule has 2 aromatic rings. The SMILES string of the molecule is Cc1ccc(S(=O)(=O)N[C@@H](CCCNC(=N)N[N+](=O)[O-])C(=O)OCc2ccccc2)cc1. The van der Waals surface area contributed by atoms with E-state index in [-0.39, 0.29) is 30.9 Å². The minimum atomic E-state index is -3.99. The minimum Gasteiger partial charge on any atom is -0.460 e. The van der Waals surface area contributed by atoms with Crippen LogP contribution in [0.3, 0.4) is 0 Å². The number of hydrogen-bond donors (Lipinski definition) is 4. The second-order valence-electron chi connectivity index (χ2n) is 6.89. The van der Waals surface area contributed by atoms with E-state index in [2.05, 4.69) is 10.0 Å². The first kappa shape index (κ1) is 24.8. The number of aryl methyl sites for hydroxylation is 1. The Labute approximate surface area is 185 Å². The van der Waals surface area contributed by atoms with Gasteiger partial charge in [0, 0.05) is 6.54 Å². The normalized spacial score (nSPS) is 11.9. The molecule has 0 aliphatic rings. The quantitative estimate of drug-likeness (QED) is 0.0972. The zero-order chi connectivity index (χ0) is 23.6. The first-order chi connectivity index (χ1) is 15.2. The van der Waals surface area contributed by atoms with Gasteiger partial charge in [-0.15, -0.1) is 0 Å². The third-order valence-electron chi connectivity index (χ3n) is 4.31. The van der Waals surface area contributed by atoms with E-state index in [1.165, 1.54) is 12.1 Å². The smallest absolute Gasteiger partial charge is 0.324 e. The van der Waals surface area contributed by atoms with Gasteiger partial charge in [0.25, 0.3) is 5.96 Å². The van der Waals surface area contributed by atoms with E-state index in [1.807, 2.05) is 13.0 Å². The molecule has 32 heavy (non-hydrogen) atoms. The number of benzene rings is 2. The van der Waals surface area contributed by atoms with Crippen LogP contribution in [0, 0.1) is 22.4 Å². The van der Waals surface area contributed by atoms with E-state index in [9.17, 15) is 23.3 Å². The lowest BCUT2D eigenvalue weighted by atomic mass is 10.1. The zero-order valence-electron chi connectivity index (χ0n) is 17.4. The summed E-state index contributed by atoms with van der Waals surface area (Å²) < 4.78 is 33.2. The molecule has 11 nitrogen and oxygen atoms in total. The van der Waals surface area contributed by atoms with Crippen molar-refractivity contribution in [1.82, 2.24) is 15.5 Å². The average molecular weight is 464 g/mol. The van der Waals surface area contributed by atoms with Gasteiger partial charge < -0.3 is 10.1 Å². The maximum Gasteiger partial charge on any atom is 0.324 e. The summed E-state index contributed by atoms with van der Waals surface area (Å²) in [5.41, 5.74) is 3.29. The Bertz CT molecular complexity index is 1030. The highest BCUT2D eigenvalue weighted by Gasteiger charge is 2.27. The number of rotatable bonds is 11. The largest absolute Gasteiger partial charge is 0.460 e. The van der Waals surface area contributed by atoms with Crippen LogP contribution in [0.4, 0.5) is 0 Å². The van der Waals surface area contributed by atoms with Gasteiger partial charge in [-0.2, -0.15) is 4.72 Å². The van der Waals surface area contributed by atoms with Crippen LogP contribution in [0.2, 0.25) is 0 Å². The van der Waals surface area contributed by atoms with Crippen LogP contribution in [0.5, 0.6) is 0 Å². The molecule has 1 atom stereocenters. The predicted octanol–water partition coefficient (Wildman–Crippen LogP) is 1.47. The van der Waals surface area contributed by atoms with Crippen molar-refractivity contribution >= 4 is 22.0 Å². The molecule has 0 radical (unpaired) electrons. The highest BCUT2D eigenvalue weighted by molar-refractivity contribution is 7.89. The molecule has 0 unspecified atom stereocenters. The average Bonchev–Trinajstić information content (AvgIpc) is 2.74. The van der Waals surface area contributed by atoms with Crippen molar-refractivity contribution in [2.75, 3.05) is 6.54 Å². The summed E-state index contributed by atoms with van der Waals surface area (Å²) in [6.45, 7) is 1.92. The second kappa shape index (κ2) is 11.8. The number of ether oxygens (including phenoxy) is 1. The van der Waals surface area contributed by atoms with Gasteiger partial charge in [0.2, 0.25) is 10.0 Å². The number of nitrogens with zero attached hydrogens (tertiary/aromatic N) is 1. The van der Waals surface area contributed by atoms with Crippen LogP contribution in [0.1, 0.15) is 24.0 Å². The van der Waals surface area contributed by atoms with E-state index in [4.69, 9.17) is 10.1 Å². The van der Waals surface area contributed by atoms with Gasteiger partial charge in [-0.05, 0) is 37.5 Å². The Morgan fingerprint density at radius 3 is 2.44 bits per heavy atom. The third kappa shape index (κ3) is 8.32. The molecule has 4 N–H and O–H groups in total. The van der Waals surface area contributed by atoms with E-state index in [0.29, 0.717) is 0 Å². The predicted molar refractivity (Wildman–Crippen MR) is 117 cm³/mol. The molecule has 0 bridgehead atoms. The lowest BCUT2D eigenvalue weighted by molar-refractivity contribution is -0.525. The zero-order valence-corrected chi connectivity index (χ0v) is 18.2. The molecule has 0 saturated carbocycles. The van der Waals surface area contributed by atoms with Crippen molar-refractivity contribution in [3.05, 3.63) is 75.8 Å². The number of hydrogen-bond acceptors (Lipinski definition) is 7. The van der Waals surface area contributed by atoms with Gasteiger partial charge in [-0.3, -0.25) is 10.2 Å². The first-order valence-electron chi connectivity index (χ1n) is 9.70. The summed E-state index contributed by atoms with van der Waals surface area (Å²) in [5, 5.41) is 19.3. The molecular formula is C20H25N5O6S. The molecule has 0 aliphatic carbocycles. The van der Waals surface area contributed by atoms with Crippen LogP contribution >= 0.6 is 0 Å². The topological polar surface area (TPSA) is 164 Å². The second-order valence-corrected chi connectivity index (χ2v) is 8.61. The number of sulfonamides is 1. The van der Waals surface area contributed by atoms with Crippen LogP contribution in [0.15, 0.2) is 59.5 Å². The molecule has 0 amide bonds. The van der Waals surface area contributed by atoms with Gasteiger partial charge in [0.1, 0.15) is 12.6 Å².